The minimum atomic E-state index is 1.05. The van der Waals surface area contributed by atoms with E-state index >= 15 is 0 Å². The normalized spacial score (nSPS) is 14.8. The topological polar surface area (TPSA) is 0 Å². The molecular weight excluding hydrogens is 334 g/mol. The summed E-state index contributed by atoms with van der Waals surface area (Å²) in [6.07, 6.45) is 5.64. The highest BCUT2D eigenvalue weighted by atomic mass is 32.2. The molecule has 2 aromatic rings. The van der Waals surface area contributed by atoms with Gasteiger partial charge >= 0.3 is 0 Å². The van der Waals surface area contributed by atoms with Crippen molar-refractivity contribution in [1.82, 2.24) is 0 Å². The molecule has 0 spiro atoms. The standard InChI is InChI=1S/C24H30NS/c1-5-16-25(6-2,7-3)17-10-12-20-21-11-8-9-13-23(21)26-24-15-14-19(4)18-22(20)24/h5,8-9,11-15,18H,1,6-7,10,16-17H2,2-4H3/q+1/b20-12-. The van der Waals surface area contributed by atoms with E-state index in [1.807, 2.05) is 11.8 Å². The van der Waals surface area contributed by atoms with E-state index < -0.39 is 0 Å². The molecular formula is C24H30NS+. The molecule has 0 unspecified atom stereocenters. The lowest BCUT2D eigenvalue weighted by Crippen LogP contribution is -2.48. The van der Waals surface area contributed by atoms with Gasteiger partial charge in [0.05, 0.1) is 26.2 Å². The van der Waals surface area contributed by atoms with Crippen LogP contribution in [-0.2, 0) is 0 Å². The van der Waals surface area contributed by atoms with E-state index in [0.29, 0.717) is 0 Å². The van der Waals surface area contributed by atoms with Gasteiger partial charge in [0.1, 0.15) is 0 Å². The third-order valence-corrected chi connectivity index (χ3v) is 6.78. The zero-order valence-corrected chi connectivity index (χ0v) is 17.1. The maximum atomic E-state index is 3.97. The molecule has 0 aromatic heterocycles. The Labute approximate surface area is 163 Å². The molecule has 0 saturated carbocycles. The summed E-state index contributed by atoms with van der Waals surface area (Å²) < 4.78 is 1.12. The van der Waals surface area contributed by atoms with Crippen LogP contribution in [0.15, 0.2) is 71.0 Å². The zero-order chi connectivity index (χ0) is 18.6. The first kappa shape index (κ1) is 19.0. The molecule has 0 bridgehead atoms. The number of fused-ring (bicyclic) bond motifs is 2. The summed E-state index contributed by atoms with van der Waals surface area (Å²) in [5.41, 5.74) is 5.50. The molecule has 0 amide bonds. The fraction of sp³-hybridized carbons (Fsp3) is 0.333. The predicted molar refractivity (Wildman–Crippen MR) is 115 cm³/mol. The number of nitrogens with zero attached hydrogens (tertiary/aromatic N) is 1. The molecule has 1 aliphatic rings. The van der Waals surface area contributed by atoms with Crippen molar-refractivity contribution in [2.24, 2.45) is 0 Å². The van der Waals surface area contributed by atoms with Crippen molar-refractivity contribution in [2.75, 3.05) is 26.2 Å². The molecule has 2 heteroatoms. The Balaban J connectivity index is 1.95. The van der Waals surface area contributed by atoms with Crippen LogP contribution in [0.1, 0.15) is 37.0 Å². The van der Waals surface area contributed by atoms with Gasteiger partial charge in [-0.3, -0.25) is 0 Å². The average Bonchev–Trinajstić information content (AvgIpc) is 2.67. The summed E-state index contributed by atoms with van der Waals surface area (Å²) >= 11 is 1.89. The van der Waals surface area contributed by atoms with E-state index in [9.17, 15) is 0 Å². The Hall–Kier alpha value is -1.77. The number of benzene rings is 2. The first-order valence-electron chi connectivity index (χ1n) is 9.67. The summed E-state index contributed by atoms with van der Waals surface area (Å²) in [7, 11) is 0. The third kappa shape index (κ3) is 3.82. The van der Waals surface area contributed by atoms with Crippen LogP contribution in [0.4, 0.5) is 0 Å². The first-order valence-corrected chi connectivity index (χ1v) is 10.5. The van der Waals surface area contributed by atoms with Crippen LogP contribution in [0.3, 0.4) is 0 Å². The van der Waals surface area contributed by atoms with Crippen molar-refractivity contribution in [3.8, 4) is 0 Å². The molecule has 26 heavy (non-hydrogen) atoms. The molecule has 0 radical (unpaired) electrons. The maximum absolute atomic E-state index is 3.97. The summed E-state index contributed by atoms with van der Waals surface area (Å²) in [4.78, 5) is 2.74. The maximum Gasteiger partial charge on any atom is 0.0971 e. The zero-order valence-electron chi connectivity index (χ0n) is 16.3. The van der Waals surface area contributed by atoms with Gasteiger partial charge in [-0.2, -0.15) is 0 Å². The second-order valence-electron chi connectivity index (χ2n) is 7.17. The van der Waals surface area contributed by atoms with Crippen LogP contribution >= 0.6 is 11.8 Å². The van der Waals surface area contributed by atoms with Crippen LogP contribution in [0.5, 0.6) is 0 Å². The second-order valence-corrected chi connectivity index (χ2v) is 8.26. The summed E-state index contributed by atoms with van der Waals surface area (Å²) in [6.45, 7) is 15.3. The number of quaternary nitrogens is 1. The van der Waals surface area contributed by atoms with E-state index in [1.165, 1.54) is 38.6 Å². The number of hydrogen-bond donors (Lipinski definition) is 0. The minimum Gasteiger partial charge on any atom is -0.321 e. The lowest BCUT2D eigenvalue weighted by atomic mass is 9.95. The Morgan fingerprint density at radius 3 is 2.46 bits per heavy atom. The van der Waals surface area contributed by atoms with E-state index in [4.69, 9.17) is 0 Å². The van der Waals surface area contributed by atoms with E-state index in [-0.39, 0.29) is 0 Å². The van der Waals surface area contributed by atoms with E-state index in [0.717, 1.165) is 30.5 Å². The highest BCUT2D eigenvalue weighted by Crippen LogP contribution is 2.45. The largest absolute Gasteiger partial charge is 0.321 e. The van der Waals surface area contributed by atoms with Gasteiger partial charge < -0.3 is 4.48 Å². The highest BCUT2D eigenvalue weighted by molar-refractivity contribution is 7.99. The second kappa shape index (κ2) is 8.28. The minimum absolute atomic E-state index is 1.05. The smallest absolute Gasteiger partial charge is 0.0971 e. The van der Waals surface area contributed by atoms with Crippen LogP contribution in [-0.4, -0.2) is 30.7 Å². The van der Waals surface area contributed by atoms with Gasteiger partial charge in [-0.1, -0.05) is 60.3 Å². The van der Waals surface area contributed by atoms with Crippen molar-refractivity contribution in [3.63, 3.8) is 0 Å². The van der Waals surface area contributed by atoms with Gasteiger partial charge in [0.2, 0.25) is 0 Å². The summed E-state index contributed by atoms with van der Waals surface area (Å²) in [5, 5.41) is 0. The quantitative estimate of drug-likeness (QED) is 0.349. The molecule has 0 aliphatic carbocycles. The number of likely N-dealkylation sites (N-methyl/N-ethyl adjacent to an activating group) is 1. The van der Waals surface area contributed by atoms with Gasteiger partial charge in [0.25, 0.3) is 0 Å². The molecule has 1 nitrogen and oxygen atoms in total. The monoisotopic (exact) mass is 364 g/mol. The SMILES string of the molecule is C=CC[N+](CC)(CC)CC/C=C1/c2ccccc2Sc2ccc(C)cc21. The molecule has 0 fully saturated rings. The lowest BCUT2D eigenvalue weighted by molar-refractivity contribution is -0.919. The van der Waals surface area contributed by atoms with Crippen molar-refractivity contribution in [1.29, 1.82) is 0 Å². The molecule has 1 aliphatic heterocycles. The molecule has 0 N–H and O–H groups in total. The Kier molecular flexibility index (Phi) is 6.05. The van der Waals surface area contributed by atoms with Crippen LogP contribution in [0, 0.1) is 6.92 Å². The molecule has 3 rings (SSSR count). The highest BCUT2D eigenvalue weighted by Gasteiger charge is 2.23. The fourth-order valence-electron chi connectivity index (χ4n) is 3.85. The lowest BCUT2D eigenvalue weighted by Gasteiger charge is -2.35. The van der Waals surface area contributed by atoms with Crippen LogP contribution < -0.4 is 0 Å². The first-order chi connectivity index (χ1) is 12.6. The van der Waals surface area contributed by atoms with Gasteiger partial charge in [-0.05, 0) is 55.7 Å². The number of rotatable bonds is 7. The summed E-state index contributed by atoms with van der Waals surface area (Å²) in [5.74, 6) is 0. The predicted octanol–water partition coefficient (Wildman–Crippen LogP) is 6.32. The van der Waals surface area contributed by atoms with Gasteiger partial charge in [-0.15, -0.1) is 0 Å². The van der Waals surface area contributed by atoms with Crippen molar-refractivity contribution in [3.05, 3.63) is 77.9 Å². The summed E-state index contributed by atoms with van der Waals surface area (Å²) in [6, 6.07) is 15.6. The van der Waals surface area contributed by atoms with Crippen LogP contribution in [0.25, 0.3) is 5.57 Å². The van der Waals surface area contributed by atoms with Crippen molar-refractivity contribution < 1.29 is 4.48 Å². The van der Waals surface area contributed by atoms with E-state index in [2.05, 4.69) is 82.0 Å². The molecule has 2 aromatic carbocycles. The molecule has 0 saturated heterocycles. The average molecular weight is 365 g/mol. The van der Waals surface area contributed by atoms with Crippen molar-refractivity contribution >= 4 is 17.3 Å². The molecule has 0 atom stereocenters. The third-order valence-electron chi connectivity index (χ3n) is 5.63. The number of aryl methyl sites for hydroxylation is 1. The van der Waals surface area contributed by atoms with Gasteiger partial charge in [0.15, 0.2) is 0 Å². The fourth-order valence-corrected chi connectivity index (χ4v) is 4.94. The number of hydrogen-bond acceptors (Lipinski definition) is 1. The van der Waals surface area contributed by atoms with Crippen molar-refractivity contribution in [2.45, 2.75) is 37.0 Å². The Morgan fingerprint density at radius 2 is 1.73 bits per heavy atom. The molecule has 1 heterocycles. The van der Waals surface area contributed by atoms with E-state index in [1.54, 1.807) is 0 Å². The molecule has 136 valence electrons. The van der Waals surface area contributed by atoms with Gasteiger partial charge in [-0.25, -0.2) is 0 Å². The Bertz CT molecular complexity index is 815. The van der Waals surface area contributed by atoms with Crippen LogP contribution in [0.2, 0.25) is 0 Å². The van der Waals surface area contributed by atoms with Gasteiger partial charge in [0, 0.05) is 16.2 Å². The Morgan fingerprint density at radius 1 is 1.00 bits per heavy atom.